The molecule has 2 heterocycles. The predicted molar refractivity (Wildman–Crippen MR) is 137 cm³/mol. The van der Waals surface area contributed by atoms with E-state index in [0.717, 1.165) is 43.5 Å². The molecule has 1 saturated heterocycles. The molecule has 0 saturated carbocycles. The topological polar surface area (TPSA) is 77.6 Å². The maximum Gasteiger partial charge on any atom is 0.238 e. The Labute approximate surface area is 201 Å². The van der Waals surface area contributed by atoms with Crippen molar-refractivity contribution in [2.45, 2.75) is 20.3 Å². The maximum atomic E-state index is 12.9. The Hall–Kier alpha value is -3.29. The molecule has 7 heteroatoms. The van der Waals surface area contributed by atoms with Gasteiger partial charge in [-0.25, -0.2) is 0 Å². The van der Waals surface area contributed by atoms with Crippen LogP contribution in [0, 0.1) is 12.8 Å². The third-order valence-corrected chi connectivity index (χ3v) is 6.34. The SMILES string of the molecule is CC(=O)Nc1cc(NC(=O)CN2CCN(C)C[C@H](Cc3cncc4ccccc34)C2)ccc1C. The summed E-state index contributed by atoms with van der Waals surface area (Å²) in [4.78, 5) is 33.3. The molecule has 1 aromatic heterocycles. The normalized spacial score (nSPS) is 17.3. The van der Waals surface area contributed by atoms with E-state index in [1.807, 2.05) is 37.5 Å². The molecule has 1 aliphatic rings. The van der Waals surface area contributed by atoms with Gasteiger partial charge in [-0.05, 0) is 55.0 Å². The Morgan fingerprint density at radius 3 is 2.71 bits per heavy atom. The van der Waals surface area contributed by atoms with Crippen molar-refractivity contribution < 1.29 is 9.59 Å². The second-order valence-corrected chi connectivity index (χ2v) is 9.35. The van der Waals surface area contributed by atoms with Crippen LogP contribution in [0.4, 0.5) is 11.4 Å². The number of carbonyl (C=O) groups excluding carboxylic acids is 2. The standard InChI is InChI=1S/C27H33N5O2/c1-19-8-9-24(13-26(19)29-20(2)33)30-27(34)18-32-11-10-31(3)16-21(17-32)12-23-15-28-14-22-6-4-5-7-25(22)23/h4-9,13-15,21H,10-12,16-18H2,1-3H3,(H,29,33)(H,30,34)/t21-/m0/s1. The first kappa shape index (κ1) is 23.9. The van der Waals surface area contributed by atoms with Crippen LogP contribution >= 0.6 is 0 Å². The highest BCUT2D eigenvalue weighted by atomic mass is 16.2. The zero-order chi connectivity index (χ0) is 24.1. The zero-order valence-electron chi connectivity index (χ0n) is 20.2. The molecule has 1 atom stereocenters. The number of amides is 2. The number of aryl methyl sites for hydroxylation is 1. The number of aromatic nitrogens is 1. The molecule has 0 spiro atoms. The number of hydrogen-bond acceptors (Lipinski definition) is 5. The molecule has 1 aliphatic heterocycles. The van der Waals surface area contributed by atoms with Gasteiger partial charge in [0.05, 0.1) is 6.54 Å². The van der Waals surface area contributed by atoms with E-state index in [9.17, 15) is 9.59 Å². The Kier molecular flexibility index (Phi) is 7.55. The van der Waals surface area contributed by atoms with Crippen molar-refractivity contribution in [2.75, 3.05) is 50.4 Å². The third-order valence-electron chi connectivity index (χ3n) is 6.34. The summed E-state index contributed by atoms with van der Waals surface area (Å²) >= 11 is 0. The van der Waals surface area contributed by atoms with Crippen LogP contribution in [0.3, 0.4) is 0 Å². The molecule has 2 amide bonds. The summed E-state index contributed by atoms with van der Waals surface area (Å²) in [6, 6.07) is 14.0. The molecule has 0 bridgehead atoms. The van der Waals surface area contributed by atoms with Crippen LogP contribution in [0.2, 0.25) is 0 Å². The van der Waals surface area contributed by atoms with Crippen molar-refractivity contribution in [1.29, 1.82) is 0 Å². The number of nitrogens with one attached hydrogen (secondary N) is 2. The molecule has 34 heavy (non-hydrogen) atoms. The monoisotopic (exact) mass is 459 g/mol. The number of hydrogen-bond donors (Lipinski definition) is 2. The van der Waals surface area contributed by atoms with Crippen LogP contribution in [0.25, 0.3) is 10.8 Å². The third kappa shape index (κ3) is 6.18. The van der Waals surface area contributed by atoms with Crippen molar-refractivity contribution >= 4 is 34.0 Å². The molecule has 2 N–H and O–H groups in total. The van der Waals surface area contributed by atoms with Crippen LogP contribution in [-0.2, 0) is 16.0 Å². The molecular formula is C27H33N5O2. The van der Waals surface area contributed by atoms with Crippen molar-refractivity contribution in [3.8, 4) is 0 Å². The summed E-state index contributed by atoms with van der Waals surface area (Å²) in [5.41, 5.74) is 3.61. The summed E-state index contributed by atoms with van der Waals surface area (Å²) < 4.78 is 0. The van der Waals surface area contributed by atoms with Crippen molar-refractivity contribution in [3.05, 3.63) is 66.0 Å². The fourth-order valence-corrected chi connectivity index (χ4v) is 4.71. The summed E-state index contributed by atoms with van der Waals surface area (Å²) in [7, 11) is 2.15. The van der Waals surface area contributed by atoms with E-state index in [1.54, 1.807) is 6.07 Å². The lowest BCUT2D eigenvalue weighted by Gasteiger charge is -2.24. The fourth-order valence-electron chi connectivity index (χ4n) is 4.71. The van der Waals surface area contributed by atoms with E-state index in [-0.39, 0.29) is 11.8 Å². The number of anilines is 2. The zero-order valence-corrected chi connectivity index (χ0v) is 20.2. The van der Waals surface area contributed by atoms with Crippen molar-refractivity contribution in [1.82, 2.24) is 14.8 Å². The number of likely N-dealkylation sites (N-methyl/N-ethyl adjacent to an activating group) is 1. The first-order valence-electron chi connectivity index (χ1n) is 11.8. The molecule has 0 radical (unpaired) electrons. The van der Waals surface area contributed by atoms with Gasteiger partial charge in [0.25, 0.3) is 0 Å². The number of carbonyl (C=O) groups is 2. The minimum atomic E-state index is -0.132. The average molecular weight is 460 g/mol. The molecule has 4 rings (SSSR count). The van der Waals surface area contributed by atoms with Crippen LogP contribution in [0.1, 0.15) is 18.1 Å². The van der Waals surface area contributed by atoms with E-state index in [1.165, 1.54) is 17.9 Å². The molecule has 7 nitrogen and oxygen atoms in total. The first-order valence-corrected chi connectivity index (χ1v) is 11.8. The highest BCUT2D eigenvalue weighted by Gasteiger charge is 2.23. The first-order chi connectivity index (χ1) is 16.4. The summed E-state index contributed by atoms with van der Waals surface area (Å²) in [5.74, 6) is 0.221. The van der Waals surface area contributed by atoms with Gasteiger partial charge in [-0.3, -0.25) is 19.5 Å². The maximum absolute atomic E-state index is 12.9. The Bertz CT molecular complexity index is 1170. The highest BCUT2D eigenvalue weighted by molar-refractivity contribution is 5.94. The van der Waals surface area contributed by atoms with Crippen LogP contribution < -0.4 is 10.6 Å². The van der Waals surface area contributed by atoms with E-state index in [4.69, 9.17) is 0 Å². The van der Waals surface area contributed by atoms with Gasteiger partial charge in [-0.15, -0.1) is 0 Å². The largest absolute Gasteiger partial charge is 0.326 e. The van der Waals surface area contributed by atoms with Gasteiger partial charge in [-0.1, -0.05) is 30.3 Å². The van der Waals surface area contributed by atoms with E-state index >= 15 is 0 Å². The number of fused-ring (bicyclic) bond motifs is 1. The van der Waals surface area contributed by atoms with Gasteiger partial charge >= 0.3 is 0 Å². The Morgan fingerprint density at radius 2 is 1.88 bits per heavy atom. The molecule has 0 unspecified atom stereocenters. The second kappa shape index (κ2) is 10.8. The van der Waals surface area contributed by atoms with E-state index in [0.29, 0.717) is 23.8 Å². The second-order valence-electron chi connectivity index (χ2n) is 9.35. The number of pyridine rings is 1. The van der Waals surface area contributed by atoms with Gasteiger partial charge < -0.3 is 15.5 Å². The number of benzene rings is 2. The minimum absolute atomic E-state index is 0.0484. The molecule has 2 aromatic carbocycles. The molecule has 0 aliphatic carbocycles. The van der Waals surface area contributed by atoms with Gasteiger partial charge in [-0.2, -0.15) is 0 Å². The highest BCUT2D eigenvalue weighted by Crippen LogP contribution is 2.23. The van der Waals surface area contributed by atoms with Crippen molar-refractivity contribution in [2.24, 2.45) is 5.92 Å². The minimum Gasteiger partial charge on any atom is -0.326 e. The van der Waals surface area contributed by atoms with Crippen molar-refractivity contribution in [3.63, 3.8) is 0 Å². The summed E-state index contributed by atoms with van der Waals surface area (Å²) in [6.45, 7) is 7.35. The van der Waals surface area contributed by atoms with Crippen LogP contribution in [-0.4, -0.2) is 66.4 Å². The molecule has 3 aromatic rings. The molecule has 1 fully saturated rings. The lowest BCUT2D eigenvalue weighted by Crippen LogP contribution is -2.37. The summed E-state index contributed by atoms with van der Waals surface area (Å²) in [5, 5.41) is 8.22. The predicted octanol–water partition coefficient (Wildman–Crippen LogP) is 3.55. The fraction of sp³-hybridized carbons (Fsp3) is 0.370. The van der Waals surface area contributed by atoms with Gasteiger partial charge in [0.1, 0.15) is 0 Å². The van der Waals surface area contributed by atoms with E-state index in [2.05, 4.69) is 50.7 Å². The van der Waals surface area contributed by atoms with E-state index < -0.39 is 0 Å². The quantitative estimate of drug-likeness (QED) is 0.590. The van der Waals surface area contributed by atoms with Gasteiger partial charge in [0, 0.05) is 62.3 Å². The van der Waals surface area contributed by atoms with Gasteiger partial charge in [0.2, 0.25) is 11.8 Å². The Balaban J connectivity index is 1.42. The molecular weight excluding hydrogens is 426 g/mol. The summed E-state index contributed by atoms with van der Waals surface area (Å²) in [6.07, 6.45) is 4.82. The van der Waals surface area contributed by atoms with Crippen LogP contribution in [0.5, 0.6) is 0 Å². The lowest BCUT2D eigenvalue weighted by molar-refractivity contribution is -0.117. The number of nitrogens with zero attached hydrogens (tertiary/aromatic N) is 3. The Morgan fingerprint density at radius 1 is 1.06 bits per heavy atom. The lowest BCUT2D eigenvalue weighted by atomic mass is 9.96. The average Bonchev–Trinajstić information content (AvgIpc) is 2.96. The van der Waals surface area contributed by atoms with Crippen LogP contribution in [0.15, 0.2) is 54.9 Å². The smallest absolute Gasteiger partial charge is 0.238 e. The van der Waals surface area contributed by atoms with Gasteiger partial charge in [0.15, 0.2) is 0 Å². The number of rotatable bonds is 6. The molecule has 178 valence electrons.